The van der Waals surface area contributed by atoms with Gasteiger partial charge in [0.2, 0.25) is 11.8 Å². The monoisotopic (exact) mass is 411 g/mol. The normalized spacial score (nSPS) is 11.4. The molecule has 0 aliphatic heterocycles. The van der Waals surface area contributed by atoms with Crippen LogP contribution in [0.15, 0.2) is 29.3 Å². The van der Waals surface area contributed by atoms with Gasteiger partial charge >= 0.3 is 0 Å². The van der Waals surface area contributed by atoms with Crippen LogP contribution < -0.4 is 5.32 Å². The van der Waals surface area contributed by atoms with E-state index in [0.717, 1.165) is 17.7 Å². The first-order chi connectivity index (χ1) is 13.8. The van der Waals surface area contributed by atoms with Crippen LogP contribution in [0, 0.1) is 25.2 Å². The van der Waals surface area contributed by atoms with Crippen LogP contribution in [0.2, 0.25) is 0 Å². The van der Waals surface area contributed by atoms with Crippen LogP contribution in [-0.2, 0) is 16.0 Å². The molecule has 0 aliphatic rings. The zero-order valence-corrected chi connectivity index (χ0v) is 18.1. The van der Waals surface area contributed by atoms with Crippen molar-refractivity contribution in [1.29, 1.82) is 5.26 Å². The van der Waals surface area contributed by atoms with Crippen molar-refractivity contribution >= 4 is 29.3 Å². The molecule has 152 valence electrons. The molecule has 29 heavy (non-hydrogen) atoms. The summed E-state index contributed by atoms with van der Waals surface area (Å²) in [5.74, 6) is 0.0723. The van der Waals surface area contributed by atoms with E-state index in [-0.39, 0.29) is 18.4 Å². The number of hydrogen-bond donors (Lipinski definition) is 1. The first-order valence-electron chi connectivity index (χ1n) is 9.31. The van der Waals surface area contributed by atoms with Gasteiger partial charge in [-0.05, 0) is 38.8 Å². The van der Waals surface area contributed by atoms with Crippen LogP contribution in [0.25, 0.3) is 0 Å². The number of benzene rings is 1. The predicted molar refractivity (Wildman–Crippen MR) is 114 cm³/mol. The number of nitrogens with one attached hydrogen (secondary N) is 1. The Bertz CT molecular complexity index is 955. The number of carbonyl (C=O) groups is 2. The number of carbonyl (C=O) groups excluding carboxylic acids is 2. The molecule has 1 atom stereocenters. The maximum absolute atomic E-state index is 12.7. The van der Waals surface area contributed by atoms with E-state index in [1.54, 1.807) is 27.8 Å². The van der Waals surface area contributed by atoms with Gasteiger partial charge in [0.25, 0.3) is 0 Å². The summed E-state index contributed by atoms with van der Waals surface area (Å²) >= 11 is 1.20. The molecule has 2 rings (SSSR count). The van der Waals surface area contributed by atoms with Crippen molar-refractivity contribution in [2.75, 3.05) is 18.9 Å². The zero-order chi connectivity index (χ0) is 21.6. The van der Waals surface area contributed by atoms with Gasteiger partial charge in [0.1, 0.15) is 22.5 Å². The molecule has 0 bridgehead atoms. The number of para-hydroxylation sites is 1. The Morgan fingerprint density at radius 3 is 2.62 bits per heavy atom. The van der Waals surface area contributed by atoms with Gasteiger partial charge in [-0.2, -0.15) is 5.26 Å². The summed E-state index contributed by atoms with van der Waals surface area (Å²) in [4.78, 5) is 35.0. The molecule has 1 heterocycles. The van der Waals surface area contributed by atoms with Crippen molar-refractivity contribution in [1.82, 2.24) is 14.9 Å². The standard InChI is InChI=1S/C21H25N5O2S/c1-6-16-9-7-8-10-18(16)25-19(27)12-26(5)21(28)14(3)29-20-17(11-22)13(2)23-15(4)24-20/h7-10,14H,6,12H2,1-5H3,(H,25,27). The summed E-state index contributed by atoms with van der Waals surface area (Å²) in [6, 6.07) is 9.70. The molecular formula is C21H25N5O2S. The summed E-state index contributed by atoms with van der Waals surface area (Å²) in [6.45, 7) is 7.19. The van der Waals surface area contributed by atoms with E-state index in [9.17, 15) is 14.9 Å². The molecule has 0 aliphatic carbocycles. The van der Waals surface area contributed by atoms with Crippen molar-refractivity contribution in [2.24, 2.45) is 0 Å². The average molecular weight is 412 g/mol. The number of nitriles is 1. The van der Waals surface area contributed by atoms with E-state index in [1.165, 1.54) is 16.7 Å². The second kappa shape index (κ2) is 10.0. The molecule has 0 radical (unpaired) electrons. The lowest BCUT2D eigenvalue weighted by atomic mass is 10.1. The maximum Gasteiger partial charge on any atom is 0.243 e. The van der Waals surface area contributed by atoms with E-state index < -0.39 is 5.25 Å². The first kappa shape index (κ1) is 22.4. The van der Waals surface area contributed by atoms with Crippen LogP contribution in [0.4, 0.5) is 5.69 Å². The summed E-state index contributed by atoms with van der Waals surface area (Å²) in [5.41, 5.74) is 2.76. The fourth-order valence-corrected chi connectivity index (χ4v) is 3.97. The minimum absolute atomic E-state index is 0.0608. The van der Waals surface area contributed by atoms with Crippen LogP contribution >= 0.6 is 11.8 Å². The van der Waals surface area contributed by atoms with Crippen molar-refractivity contribution in [3.63, 3.8) is 0 Å². The molecule has 1 unspecified atom stereocenters. The Balaban J connectivity index is 2.03. The van der Waals surface area contributed by atoms with Gasteiger partial charge in [-0.3, -0.25) is 9.59 Å². The second-order valence-electron chi connectivity index (χ2n) is 6.66. The number of amides is 2. The van der Waals surface area contributed by atoms with Crippen molar-refractivity contribution in [3.05, 3.63) is 46.9 Å². The third-order valence-electron chi connectivity index (χ3n) is 4.35. The third kappa shape index (κ3) is 5.78. The van der Waals surface area contributed by atoms with Crippen LogP contribution in [0.1, 0.15) is 36.5 Å². The molecule has 0 fully saturated rings. The molecule has 2 amide bonds. The number of aryl methyl sites for hydroxylation is 3. The molecule has 8 heteroatoms. The van der Waals surface area contributed by atoms with Gasteiger partial charge in [-0.1, -0.05) is 36.9 Å². The Labute approximate surface area is 175 Å². The highest BCUT2D eigenvalue weighted by Crippen LogP contribution is 2.27. The maximum atomic E-state index is 12.7. The molecule has 1 aromatic carbocycles. The molecule has 7 nitrogen and oxygen atoms in total. The van der Waals surface area contributed by atoms with Gasteiger partial charge in [0.05, 0.1) is 17.5 Å². The summed E-state index contributed by atoms with van der Waals surface area (Å²) in [7, 11) is 1.59. The SMILES string of the molecule is CCc1ccccc1NC(=O)CN(C)C(=O)C(C)Sc1nc(C)nc(C)c1C#N. The highest BCUT2D eigenvalue weighted by atomic mass is 32.2. The summed E-state index contributed by atoms with van der Waals surface area (Å²) < 4.78 is 0. The van der Waals surface area contributed by atoms with Gasteiger partial charge in [-0.15, -0.1) is 0 Å². The minimum atomic E-state index is -0.503. The number of rotatable bonds is 7. The number of thioether (sulfide) groups is 1. The molecular weight excluding hydrogens is 386 g/mol. The fourth-order valence-electron chi connectivity index (χ4n) is 2.86. The molecule has 1 aromatic heterocycles. The molecule has 2 aromatic rings. The van der Waals surface area contributed by atoms with E-state index in [4.69, 9.17) is 0 Å². The topological polar surface area (TPSA) is 99.0 Å². The van der Waals surface area contributed by atoms with E-state index in [0.29, 0.717) is 22.1 Å². The van der Waals surface area contributed by atoms with Gasteiger partial charge in [0, 0.05) is 12.7 Å². The van der Waals surface area contributed by atoms with E-state index in [2.05, 4.69) is 21.4 Å². The van der Waals surface area contributed by atoms with Crippen molar-refractivity contribution in [3.8, 4) is 6.07 Å². The summed E-state index contributed by atoms with van der Waals surface area (Å²) in [6.07, 6.45) is 0.803. The number of nitrogens with zero attached hydrogens (tertiary/aromatic N) is 4. The number of hydrogen-bond acceptors (Lipinski definition) is 6. The highest BCUT2D eigenvalue weighted by molar-refractivity contribution is 8.00. The lowest BCUT2D eigenvalue weighted by Gasteiger charge is -2.21. The highest BCUT2D eigenvalue weighted by Gasteiger charge is 2.23. The molecule has 0 spiro atoms. The number of likely N-dealkylation sites (N-methyl/N-ethyl adjacent to an activating group) is 1. The quantitative estimate of drug-likeness (QED) is 0.555. The largest absolute Gasteiger partial charge is 0.335 e. The van der Waals surface area contributed by atoms with Gasteiger partial charge in [-0.25, -0.2) is 9.97 Å². The Morgan fingerprint density at radius 1 is 1.28 bits per heavy atom. The number of aromatic nitrogens is 2. The fraction of sp³-hybridized carbons (Fsp3) is 0.381. The zero-order valence-electron chi connectivity index (χ0n) is 17.3. The molecule has 1 N–H and O–H groups in total. The van der Waals surface area contributed by atoms with Crippen LogP contribution in [0.3, 0.4) is 0 Å². The van der Waals surface area contributed by atoms with Gasteiger partial charge in [0.15, 0.2) is 0 Å². The lowest BCUT2D eigenvalue weighted by Crippen LogP contribution is -2.39. The number of anilines is 1. The summed E-state index contributed by atoms with van der Waals surface area (Å²) in [5, 5.41) is 12.2. The third-order valence-corrected chi connectivity index (χ3v) is 5.42. The van der Waals surface area contributed by atoms with Gasteiger partial charge < -0.3 is 10.2 Å². The second-order valence-corrected chi connectivity index (χ2v) is 7.99. The van der Waals surface area contributed by atoms with Crippen molar-refractivity contribution in [2.45, 2.75) is 44.4 Å². The Morgan fingerprint density at radius 2 is 1.97 bits per heavy atom. The van der Waals surface area contributed by atoms with Crippen LogP contribution in [0.5, 0.6) is 0 Å². The molecule has 0 saturated carbocycles. The van der Waals surface area contributed by atoms with E-state index >= 15 is 0 Å². The van der Waals surface area contributed by atoms with E-state index in [1.807, 2.05) is 31.2 Å². The predicted octanol–water partition coefficient (Wildman–Crippen LogP) is 3.11. The first-order valence-corrected chi connectivity index (χ1v) is 10.2. The smallest absolute Gasteiger partial charge is 0.243 e. The average Bonchev–Trinajstić information content (AvgIpc) is 2.67. The Kier molecular flexibility index (Phi) is 7.74. The Hall–Kier alpha value is -2.92. The minimum Gasteiger partial charge on any atom is -0.335 e. The lowest BCUT2D eigenvalue weighted by molar-refractivity contribution is -0.132. The molecule has 0 saturated heterocycles. The van der Waals surface area contributed by atoms with Crippen LogP contribution in [-0.4, -0.2) is 45.5 Å². The van der Waals surface area contributed by atoms with Crippen molar-refractivity contribution < 1.29 is 9.59 Å².